The number of benzene rings is 9. The van der Waals surface area contributed by atoms with Crippen molar-refractivity contribution in [2.24, 2.45) is 0 Å². The van der Waals surface area contributed by atoms with Gasteiger partial charge >= 0.3 is 12.4 Å². The van der Waals surface area contributed by atoms with Crippen molar-refractivity contribution in [3.8, 4) is 84.4 Å². The Morgan fingerprint density at radius 1 is 0.324 bits per heavy atom. The largest absolute Gasteiger partial charge is 0.416 e. The lowest BCUT2D eigenvalue weighted by Crippen LogP contribution is -2.07. The summed E-state index contributed by atoms with van der Waals surface area (Å²) in [7, 11) is 0. The fourth-order valence-corrected chi connectivity index (χ4v) is 9.22. The molecule has 10 heteroatoms. The van der Waals surface area contributed by atoms with Crippen molar-refractivity contribution >= 4 is 21.8 Å². The predicted octanol–water partition coefficient (Wildman–Crippen LogP) is 17.3. The van der Waals surface area contributed by atoms with E-state index in [1.54, 1.807) is 24.3 Å². The van der Waals surface area contributed by atoms with Crippen molar-refractivity contribution in [1.29, 1.82) is 0 Å². The van der Waals surface area contributed by atoms with Crippen LogP contribution in [0.15, 0.2) is 206 Å². The molecule has 4 nitrogen and oxygen atoms in total. The molecule has 0 spiro atoms. The molecule has 11 rings (SSSR count). The van der Waals surface area contributed by atoms with Gasteiger partial charge in [0.25, 0.3) is 0 Å². The van der Waals surface area contributed by atoms with Crippen LogP contribution in [-0.2, 0) is 12.4 Å². The normalized spacial score (nSPS) is 11.9. The minimum atomic E-state index is -4.72. The van der Waals surface area contributed by atoms with Gasteiger partial charge in [-0.15, -0.1) is 0 Å². The van der Waals surface area contributed by atoms with Crippen LogP contribution in [0.1, 0.15) is 22.3 Å². The topological polar surface area (TPSA) is 43.6 Å². The number of hydrogen-bond donors (Lipinski definition) is 0. The Kier molecular flexibility index (Phi) is 11.2. The molecule has 0 saturated heterocycles. The Labute approximate surface area is 405 Å². The second-order valence-electron chi connectivity index (χ2n) is 17.6. The van der Waals surface area contributed by atoms with E-state index in [1.165, 1.54) is 12.1 Å². The summed E-state index contributed by atoms with van der Waals surface area (Å²) in [4.78, 5) is 14.8. The summed E-state index contributed by atoms with van der Waals surface area (Å²) in [5.41, 5.74) is 8.63. The molecule has 0 radical (unpaired) electrons. The van der Waals surface area contributed by atoms with E-state index in [-0.39, 0.29) is 17.0 Å². The molecule has 346 valence electrons. The summed E-state index contributed by atoms with van der Waals surface area (Å²) in [6, 6.07) is 60.6. The highest BCUT2D eigenvalue weighted by Gasteiger charge is 2.33. The van der Waals surface area contributed by atoms with Gasteiger partial charge in [-0.3, -0.25) is 0 Å². The molecule has 0 atom stereocenters. The third kappa shape index (κ3) is 8.73. The second kappa shape index (κ2) is 17.7. The van der Waals surface area contributed by atoms with Crippen molar-refractivity contribution in [2.75, 3.05) is 0 Å². The molecular weight excluding hydrogens is 903 g/mol. The Balaban J connectivity index is 1.28. The zero-order valence-electron chi connectivity index (χ0n) is 38.2. The Morgan fingerprint density at radius 2 is 0.690 bits per heavy atom. The molecule has 0 unspecified atom stereocenters. The van der Waals surface area contributed by atoms with Crippen LogP contribution >= 0.6 is 0 Å². The van der Waals surface area contributed by atoms with E-state index < -0.39 is 23.5 Å². The van der Waals surface area contributed by atoms with Crippen LogP contribution in [0, 0.1) is 13.8 Å². The molecule has 0 saturated carbocycles. The molecule has 0 bridgehead atoms. The molecule has 2 aromatic heterocycles. The number of nitrogens with zero attached hydrogens (tertiary/aromatic N) is 4. The van der Waals surface area contributed by atoms with Gasteiger partial charge in [-0.2, -0.15) is 26.3 Å². The van der Waals surface area contributed by atoms with Crippen LogP contribution in [0.25, 0.3) is 106 Å². The van der Waals surface area contributed by atoms with Gasteiger partial charge in [-0.25, -0.2) is 15.0 Å². The van der Waals surface area contributed by atoms with Gasteiger partial charge in [0.05, 0.1) is 27.8 Å². The number of rotatable bonds is 8. The lowest BCUT2D eigenvalue weighted by molar-refractivity contribution is -0.138. The molecule has 0 amide bonds. The van der Waals surface area contributed by atoms with Gasteiger partial charge in [0.2, 0.25) is 0 Å². The molecule has 11 aromatic rings. The third-order valence-electron chi connectivity index (χ3n) is 12.8. The average Bonchev–Trinajstić information content (AvgIpc) is 3.71. The quantitative estimate of drug-likeness (QED) is 0.143. The molecule has 9 aromatic carbocycles. The summed E-state index contributed by atoms with van der Waals surface area (Å²) in [5.74, 6) is 0.824. The first-order valence-electron chi connectivity index (χ1n) is 22.9. The highest BCUT2D eigenvalue weighted by atomic mass is 19.4. The van der Waals surface area contributed by atoms with Gasteiger partial charge in [-0.05, 0) is 108 Å². The second-order valence-corrected chi connectivity index (χ2v) is 17.6. The van der Waals surface area contributed by atoms with Crippen LogP contribution in [-0.4, -0.2) is 19.5 Å². The number of halogens is 6. The van der Waals surface area contributed by atoms with E-state index in [0.717, 1.165) is 68.4 Å². The maximum atomic E-state index is 14.8. The Bertz CT molecular complexity index is 3550. The fourth-order valence-electron chi connectivity index (χ4n) is 9.22. The molecule has 0 aliphatic carbocycles. The third-order valence-corrected chi connectivity index (χ3v) is 12.8. The van der Waals surface area contributed by atoms with Gasteiger partial charge in [-0.1, -0.05) is 157 Å². The monoisotopic (exact) mass is 942 g/mol. The highest BCUT2D eigenvalue weighted by Crippen LogP contribution is 2.47. The molecule has 71 heavy (non-hydrogen) atoms. The maximum Gasteiger partial charge on any atom is 0.416 e. The lowest BCUT2D eigenvalue weighted by atomic mass is 9.91. The fraction of sp³-hybridized carbons (Fsp3) is 0.0656. The zero-order chi connectivity index (χ0) is 49.0. The van der Waals surface area contributed by atoms with Crippen molar-refractivity contribution < 1.29 is 26.3 Å². The zero-order valence-corrected chi connectivity index (χ0v) is 38.2. The molecule has 0 N–H and O–H groups in total. The van der Waals surface area contributed by atoms with Crippen molar-refractivity contribution in [2.45, 2.75) is 26.2 Å². The number of alkyl halides is 6. The van der Waals surface area contributed by atoms with Gasteiger partial charge in [0, 0.05) is 38.6 Å². The minimum Gasteiger partial charge on any atom is -0.308 e. The summed E-state index contributed by atoms with van der Waals surface area (Å²) >= 11 is 0. The summed E-state index contributed by atoms with van der Waals surface area (Å²) in [5, 5.41) is 1.66. The average molecular weight is 943 g/mol. The lowest BCUT2D eigenvalue weighted by Gasteiger charge is -2.22. The van der Waals surface area contributed by atoms with Gasteiger partial charge in [0.15, 0.2) is 17.5 Å². The van der Waals surface area contributed by atoms with Crippen molar-refractivity contribution in [3.05, 3.63) is 229 Å². The van der Waals surface area contributed by atoms with Crippen LogP contribution in [0.4, 0.5) is 26.3 Å². The minimum absolute atomic E-state index is 0.165. The molecule has 2 heterocycles. The van der Waals surface area contributed by atoms with Gasteiger partial charge in [0.1, 0.15) is 0 Å². The first kappa shape index (κ1) is 44.9. The summed E-state index contributed by atoms with van der Waals surface area (Å²) in [6.07, 6.45) is -9.43. The molecule has 0 aliphatic heterocycles. The van der Waals surface area contributed by atoms with Crippen LogP contribution in [0.5, 0.6) is 0 Å². The van der Waals surface area contributed by atoms with E-state index in [4.69, 9.17) is 15.0 Å². The number of aryl methyl sites for hydroxylation is 2. The van der Waals surface area contributed by atoms with E-state index >= 15 is 0 Å². The highest BCUT2D eigenvalue weighted by molar-refractivity contribution is 6.13. The number of aromatic nitrogens is 4. The van der Waals surface area contributed by atoms with Crippen LogP contribution in [0.3, 0.4) is 0 Å². The molecular formula is C61H40F6N4. The first-order chi connectivity index (χ1) is 34.2. The smallest absolute Gasteiger partial charge is 0.308 e. The van der Waals surface area contributed by atoms with Crippen molar-refractivity contribution in [3.63, 3.8) is 0 Å². The number of hydrogen-bond acceptors (Lipinski definition) is 3. The summed E-state index contributed by atoms with van der Waals surface area (Å²) in [6.45, 7) is 4.04. The van der Waals surface area contributed by atoms with E-state index in [9.17, 15) is 26.3 Å². The van der Waals surface area contributed by atoms with E-state index in [1.807, 2.05) is 128 Å². The predicted molar refractivity (Wildman–Crippen MR) is 272 cm³/mol. The van der Waals surface area contributed by atoms with Crippen LogP contribution < -0.4 is 0 Å². The van der Waals surface area contributed by atoms with Crippen LogP contribution in [0.2, 0.25) is 0 Å². The maximum absolute atomic E-state index is 14.8. The first-order valence-corrected chi connectivity index (χ1v) is 22.9. The molecule has 0 aliphatic rings. The summed E-state index contributed by atoms with van der Waals surface area (Å²) < 4.78 is 90.7. The van der Waals surface area contributed by atoms with E-state index in [2.05, 4.69) is 36.4 Å². The van der Waals surface area contributed by atoms with Crippen molar-refractivity contribution in [1.82, 2.24) is 19.5 Å². The van der Waals surface area contributed by atoms with Gasteiger partial charge < -0.3 is 4.57 Å². The standard InChI is InChI=1S/C61H40F6N4/c1-37-19-23-39(24-20-37)43-27-29-54-52(33-43)53-34-44(40-25-21-38(2)22-26-40)28-30-55(53)71(54)56-50(45-15-9-17-48(31-45)60(62,63)64)35-47(36-51(56)46-16-10-18-49(32-46)61(65,66)67)59-69-57(41-11-5-3-6-12-41)68-58(70-59)42-13-7-4-8-14-42/h3-36H,1-2H3. The Hall–Kier alpha value is -8.63. The SMILES string of the molecule is Cc1ccc(-c2ccc3c(c2)c2cc(-c4ccc(C)cc4)ccc2n3-c2c(-c3cccc(C(F)(F)F)c3)cc(-c3nc(-c4ccccc4)nc(-c4ccccc4)n3)cc2-c2cccc(C(F)(F)F)c2)cc1. The number of fused-ring (bicyclic) bond motifs is 3. The molecule has 0 fully saturated rings. The Morgan fingerprint density at radius 3 is 1.08 bits per heavy atom. The van der Waals surface area contributed by atoms with E-state index in [0.29, 0.717) is 56.2 Å².